The Balaban J connectivity index is 1.55. The van der Waals surface area contributed by atoms with Crippen LogP contribution in [0.15, 0.2) is 60.8 Å². The lowest BCUT2D eigenvalue weighted by Crippen LogP contribution is -2.30. The molecule has 1 aromatic heterocycles. The van der Waals surface area contributed by atoms with Gasteiger partial charge in [0.15, 0.2) is 5.75 Å². The fraction of sp³-hybridized carbons (Fsp3) is 0.217. The molecule has 0 unspecified atom stereocenters. The normalized spacial score (nSPS) is 13.2. The van der Waals surface area contributed by atoms with Crippen molar-refractivity contribution in [2.75, 3.05) is 36.6 Å². The third-order valence-electron chi connectivity index (χ3n) is 4.92. The van der Waals surface area contributed by atoms with Crippen LogP contribution in [-0.2, 0) is 6.18 Å². The summed E-state index contributed by atoms with van der Waals surface area (Å²) in [6.45, 7) is 0.873. The van der Waals surface area contributed by atoms with E-state index in [-0.39, 0.29) is 24.5 Å². The van der Waals surface area contributed by atoms with Gasteiger partial charge in [-0.05, 0) is 48.5 Å². The summed E-state index contributed by atoms with van der Waals surface area (Å²) in [5.74, 6) is 0.992. The van der Waals surface area contributed by atoms with Crippen LogP contribution in [0.3, 0.4) is 0 Å². The first-order valence-corrected chi connectivity index (χ1v) is 10.1. The number of nitrogens with one attached hydrogen (secondary N) is 1. The number of pyridine rings is 1. The standard InChI is InChI=1S/C23H20F3N3O4/c24-23(25,26)15-4-6-16(7-5-15)28-22(31)18-2-1-3-19-21(18)33-12-10-29(19)20-9-8-17(14-27-20)32-13-11-30/h1-9,14,30H,10-13H2,(H,28,31). The quantitative estimate of drug-likeness (QED) is 0.573. The van der Waals surface area contributed by atoms with Crippen LogP contribution in [0, 0.1) is 0 Å². The molecule has 0 fully saturated rings. The highest BCUT2D eigenvalue weighted by Gasteiger charge is 2.30. The van der Waals surface area contributed by atoms with E-state index in [1.807, 2.05) is 4.90 Å². The van der Waals surface area contributed by atoms with Crippen LogP contribution in [0.25, 0.3) is 0 Å². The van der Waals surface area contributed by atoms with E-state index in [2.05, 4.69) is 10.3 Å². The summed E-state index contributed by atoms with van der Waals surface area (Å²) in [7, 11) is 0. The van der Waals surface area contributed by atoms with Gasteiger partial charge in [0.2, 0.25) is 0 Å². The number of aliphatic hydroxyl groups is 1. The van der Waals surface area contributed by atoms with Crippen LogP contribution in [0.2, 0.25) is 0 Å². The molecule has 7 nitrogen and oxygen atoms in total. The Morgan fingerprint density at radius 3 is 2.61 bits per heavy atom. The first-order valence-electron chi connectivity index (χ1n) is 10.1. The summed E-state index contributed by atoms with van der Waals surface area (Å²) in [6, 6.07) is 12.8. The molecule has 4 rings (SSSR count). The molecule has 2 heterocycles. The Kier molecular flexibility index (Phi) is 6.36. The molecule has 10 heteroatoms. The maximum absolute atomic E-state index is 12.9. The zero-order valence-electron chi connectivity index (χ0n) is 17.3. The van der Waals surface area contributed by atoms with E-state index in [0.717, 1.165) is 12.1 Å². The largest absolute Gasteiger partial charge is 0.490 e. The molecule has 172 valence electrons. The number of hydrogen-bond donors (Lipinski definition) is 2. The van der Waals surface area contributed by atoms with Crippen molar-refractivity contribution in [1.82, 2.24) is 4.98 Å². The molecule has 2 aromatic carbocycles. The van der Waals surface area contributed by atoms with E-state index >= 15 is 0 Å². The van der Waals surface area contributed by atoms with Crippen LogP contribution in [0.1, 0.15) is 15.9 Å². The molecular formula is C23H20F3N3O4. The summed E-state index contributed by atoms with van der Waals surface area (Å²) in [5, 5.41) is 11.5. The molecule has 0 aliphatic carbocycles. The minimum absolute atomic E-state index is 0.101. The number of carbonyl (C=O) groups excluding carboxylic acids is 1. The lowest BCUT2D eigenvalue weighted by Gasteiger charge is -2.31. The Hall–Kier alpha value is -3.79. The number of carbonyl (C=O) groups is 1. The van der Waals surface area contributed by atoms with E-state index < -0.39 is 17.6 Å². The summed E-state index contributed by atoms with van der Waals surface area (Å²) >= 11 is 0. The highest BCUT2D eigenvalue weighted by atomic mass is 19.4. The number of amides is 1. The van der Waals surface area contributed by atoms with Gasteiger partial charge in [-0.1, -0.05) is 6.07 Å². The summed E-state index contributed by atoms with van der Waals surface area (Å²) in [5.41, 5.74) is 0.327. The molecule has 0 spiro atoms. The highest BCUT2D eigenvalue weighted by Crippen LogP contribution is 2.39. The summed E-state index contributed by atoms with van der Waals surface area (Å²) in [6.07, 6.45) is -2.91. The maximum Gasteiger partial charge on any atom is 0.416 e. The van der Waals surface area contributed by atoms with E-state index in [9.17, 15) is 18.0 Å². The van der Waals surface area contributed by atoms with Crippen LogP contribution >= 0.6 is 0 Å². The molecule has 0 bridgehead atoms. The van der Waals surface area contributed by atoms with Crippen LogP contribution < -0.4 is 19.7 Å². The predicted octanol–water partition coefficient (Wildman–Crippen LogP) is 4.25. The third-order valence-corrected chi connectivity index (χ3v) is 4.92. The van der Waals surface area contributed by atoms with Gasteiger partial charge in [0.1, 0.15) is 24.8 Å². The molecule has 1 amide bonds. The monoisotopic (exact) mass is 459 g/mol. The van der Waals surface area contributed by atoms with Crippen LogP contribution in [0.5, 0.6) is 11.5 Å². The number of aliphatic hydroxyl groups excluding tert-OH is 1. The number of anilines is 3. The third kappa shape index (κ3) is 5.01. The Morgan fingerprint density at radius 2 is 1.94 bits per heavy atom. The summed E-state index contributed by atoms with van der Waals surface area (Å²) < 4.78 is 49.4. The first-order chi connectivity index (χ1) is 15.9. The molecule has 33 heavy (non-hydrogen) atoms. The van der Waals surface area contributed by atoms with E-state index in [1.165, 1.54) is 12.1 Å². The van der Waals surface area contributed by atoms with Crippen LogP contribution in [-0.4, -0.2) is 42.4 Å². The number of rotatable bonds is 6. The molecule has 0 saturated heterocycles. The molecule has 0 radical (unpaired) electrons. The van der Waals surface area contributed by atoms with Crippen LogP contribution in [0.4, 0.5) is 30.4 Å². The van der Waals surface area contributed by atoms with Crippen molar-refractivity contribution in [3.63, 3.8) is 0 Å². The lowest BCUT2D eigenvalue weighted by atomic mass is 10.1. The number of alkyl halides is 3. The van der Waals surface area contributed by atoms with Crippen molar-refractivity contribution in [2.45, 2.75) is 6.18 Å². The number of aromatic nitrogens is 1. The van der Waals surface area contributed by atoms with Crippen molar-refractivity contribution in [1.29, 1.82) is 0 Å². The molecule has 3 aromatic rings. The fourth-order valence-corrected chi connectivity index (χ4v) is 3.39. The minimum Gasteiger partial charge on any atom is -0.490 e. The number of benzene rings is 2. The topological polar surface area (TPSA) is 83.9 Å². The van der Waals surface area contributed by atoms with Gasteiger partial charge in [-0.2, -0.15) is 13.2 Å². The van der Waals surface area contributed by atoms with Crippen molar-refractivity contribution in [3.05, 3.63) is 71.9 Å². The van der Waals surface area contributed by atoms with E-state index in [1.54, 1.807) is 36.5 Å². The number of fused-ring (bicyclic) bond motifs is 1. The number of hydrogen-bond acceptors (Lipinski definition) is 6. The van der Waals surface area contributed by atoms with Crippen molar-refractivity contribution in [3.8, 4) is 11.5 Å². The second kappa shape index (κ2) is 9.37. The van der Waals surface area contributed by atoms with Gasteiger partial charge >= 0.3 is 6.18 Å². The van der Waals surface area contributed by atoms with Crippen molar-refractivity contribution >= 4 is 23.1 Å². The number of nitrogens with zero attached hydrogens (tertiary/aromatic N) is 2. The molecule has 1 aliphatic rings. The minimum atomic E-state index is -4.45. The van der Waals surface area contributed by atoms with Gasteiger partial charge in [-0.15, -0.1) is 0 Å². The van der Waals surface area contributed by atoms with Gasteiger partial charge in [0.25, 0.3) is 5.91 Å². The lowest BCUT2D eigenvalue weighted by molar-refractivity contribution is -0.137. The van der Waals surface area contributed by atoms with Gasteiger partial charge < -0.3 is 24.8 Å². The molecule has 0 atom stereocenters. The zero-order chi connectivity index (χ0) is 23.4. The smallest absolute Gasteiger partial charge is 0.416 e. The number of ether oxygens (including phenoxy) is 2. The second-order valence-corrected chi connectivity index (χ2v) is 7.11. The first kappa shape index (κ1) is 22.4. The average molecular weight is 459 g/mol. The molecule has 1 aliphatic heterocycles. The second-order valence-electron chi connectivity index (χ2n) is 7.11. The Labute approximate surface area is 187 Å². The Morgan fingerprint density at radius 1 is 1.15 bits per heavy atom. The molecule has 0 saturated carbocycles. The zero-order valence-corrected chi connectivity index (χ0v) is 17.3. The maximum atomic E-state index is 12.9. The fourth-order valence-electron chi connectivity index (χ4n) is 3.39. The SMILES string of the molecule is O=C(Nc1ccc(C(F)(F)F)cc1)c1cccc2c1OCCN2c1ccc(OCCO)cn1. The van der Waals surface area contributed by atoms with Gasteiger partial charge in [-0.25, -0.2) is 4.98 Å². The molecular weight excluding hydrogens is 439 g/mol. The highest BCUT2D eigenvalue weighted by molar-refractivity contribution is 6.07. The van der Waals surface area contributed by atoms with Gasteiger partial charge in [0, 0.05) is 5.69 Å². The Bertz CT molecular complexity index is 1120. The number of para-hydroxylation sites is 1. The summed E-state index contributed by atoms with van der Waals surface area (Å²) in [4.78, 5) is 19.2. The van der Waals surface area contributed by atoms with Gasteiger partial charge in [0.05, 0.1) is 36.2 Å². The van der Waals surface area contributed by atoms with Crippen molar-refractivity contribution in [2.24, 2.45) is 0 Å². The van der Waals surface area contributed by atoms with E-state index in [4.69, 9.17) is 14.6 Å². The van der Waals surface area contributed by atoms with Crippen molar-refractivity contribution < 1.29 is 32.5 Å². The number of halogens is 3. The molecule has 2 N–H and O–H groups in total. The van der Waals surface area contributed by atoms with Gasteiger partial charge in [-0.3, -0.25) is 4.79 Å². The predicted molar refractivity (Wildman–Crippen MR) is 115 cm³/mol. The average Bonchev–Trinajstić information content (AvgIpc) is 2.82. The van der Waals surface area contributed by atoms with E-state index in [0.29, 0.717) is 36.2 Å².